The molecule has 0 bridgehead atoms. The Balaban J connectivity index is 1.45. The number of carbonyl (C=O) groups is 1. The van der Waals surface area contributed by atoms with E-state index in [1.807, 2.05) is 47.8 Å². The Morgan fingerprint density at radius 3 is 2.34 bits per heavy atom. The van der Waals surface area contributed by atoms with Crippen molar-refractivity contribution in [1.82, 2.24) is 9.97 Å². The maximum absolute atomic E-state index is 13.4. The number of aromatic nitrogens is 2. The van der Waals surface area contributed by atoms with E-state index >= 15 is 0 Å². The summed E-state index contributed by atoms with van der Waals surface area (Å²) in [5.41, 5.74) is 7.54. The Labute approximate surface area is 209 Å². The molecule has 1 N–H and O–H groups in total. The number of amides is 1. The summed E-state index contributed by atoms with van der Waals surface area (Å²) in [6.45, 7) is 8.65. The maximum atomic E-state index is 13.4. The van der Waals surface area contributed by atoms with Crippen molar-refractivity contribution in [1.29, 1.82) is 0 Å². The molecular formula is C30H27N3OS. The number of anilines is 1. The number of nitrogens with zero attached hydrogens (tertiary/aromatic N) is 2. The van der Waals surface area contributed by atoms with E-state index in [0.29, 0.717) is 10.7 Å². The van der Waals surface area contributed by atoms with Gasteiger partial charge < -0.3 is 0 Å². The zero-order valence-electron chi connectivity index (χ0n) is 20.3. The number of nitrogens with one attached hydrogen (secondary N) is 1. The fourth-order valence-electron chi connectivity index (χ4n) is 4.08. The molecule has 174 valence electrons. The van der Waals surface area contributed by atoms with Crippen molar-refractivity contribution in [2.45, 2.75) is 33.1 Å². The first kappa shape index (κ1) is 22.9. The van der Waals surface area contributed by atoms with Gasteiger partial charge in [0.25, 0.3) is 5.91 Å². The Morgan fingerprint density at radius 1 is 0.829 bits per heavy atom. The van der Waals surface area contributed by atoms with E-state index in [4.69, 9.17) is 4.98 Å². The molecule has 0 aliphatic rings. The third-order valence-corrected chi connectivity index (χ3v) is 6.80. The lowest BCUT2D eigenvalue weighted by Crippen LogP contribution is -2.13. The minimum atomic E-state index is -0.193. The molecular weight excluding hydrogens is 450 g/mol. The van der Waals surface area contributed by atoms with Crippen LogP contribution in [0.15, 0.2) is 84.2 Å². The van der Waals surface area contributed by atoms with Crippen LogP contribution in [0.3, 0.4) is 0 Å². The molecule has 0 aliphatic carbocycles. The number of rotatable bonds is 4. The smallest absolute Gasteiger partial charge is 0.258 e. The molecule has 0 unspecified atom stereocenters. The summed E-state index contributed by atoms with van der Waals surface area (Å²) in [6.07, 6.45) is 0. The van der Waals surface area contributed by atoms with Gasteiger partial charge in [0.15, 0.2) is 5.13 Å². The number of para-hydroxylation sites is 1. The fourth-order valence-corrected chi connectivity index (χ4v) is 4.80. The van der Waals surface area contributed by atoms with Crippen LogP contribution < -0.4 is 5.32 Å². The topological polar surface area (TPSA) is 54.9 Å². The number of carbonyl (C=O) groups excluding carboxylic acids is 1. The number of fused-ring (bicyclic) bond motifs is 1. The van der Waals surface area contributed by atoms with Crippen LogP contribution in [0.2, 0.25) is 0 Å². The van der Waals surface area contributed by atoms with E-state index in [2.05, 4.69) is 74.4 Å². The number of benzene rings is 3. The van der Waals surface area contributed by atoms with E-state index < -0.39 is 0 Å². The van der Waals surface area contributed by atoms with Crippen molar-refractivity contribution in [3.63, 3.8) is 0 Å². The summed E-state index contributed by atoms with van der Waals surface area (Å²) in [5, 5.41) is 6.37. The summed E-state index contributed by atoms with van der Waals surface area (Å²) in [4.78, 5) is 22.9. The lowest BCUT2D eigenvalue weighted by atomic mass is 9.86. The number of hydrogen-bond donors (Lipinski definition) is 1. The Kier molecular flexibility index (Phi) is 5.95. The number of pyridine rings is 1. The van der Waals surface area contributed by atoms with Gasteiger partial charge in [-0.3, -0.25) is 10.1 Å². The summed E-state index contributed by atoms with van der Waals surface area (Å²) < 4.78 is 0. The van der Waals surface area contributed by atoms with Gasteiger partial charge in [0.2, 0.25) is 0 Å². The van der Waals surface area contributed by atoms with Gasteiger partial charge in [0, 0.05) is 21.9 Å². The van der Waals surface area contributed by atoms with Crippen LogP contribution in [0.1, 0.15) is 42.3 Å². The zero-order chi connectivity index (χ0) is 24.6. The molecule has 5 aromatic rings. The molecule has 0 aliphatic heterocycles. The largest absolute Gasteiger partial charge is 0.298 e. The van der Waals surface area contributed by atoms with Crippen molar-refractivity contribution in [3.8, 4) is 22.5 Å². The molecule has 35 heavy (non-hydrogen) atoms. The Hall–Kier alpha value is -3.83. The number of aryl methyl sites for hydroxylation is 1. The van der Waals surface area contributed by atoms with Crippen LogP contribution in [0, 0.1) is 6.92 Å². The first-order valence-corrected chi connectivity index (χ1v) is 12.5. The van der Waals surface area contributed by atoms with Crippen LogP contribution in [0.4, 0.5) is 5.13 Å². The van der Waals surface area contributed by atoms with Crippen LogP contribution in [0.25, 0.3) is 33.4 Å². The highest BCUT2D eigenvalue weighted by Gasteiger charge is 2.17. The minimum Gasteiger partial charge on any atom is -0.298 e. The van der Waals surface area contributed by atoms with E-state index in [9.17, 15) is 4.79 Å². The minimum absolute atomic E-state index is 0.102. The third-order valence-electron chi connectivity index (χ3n) is 6.05. The summed E-state index contributed by atoms with van der Waals surface area (Å²) in [5.74, 6) is -0.193. The predicted molar refractivity (Wildman–Crippen MR) is 146 cm³/mol. The SMILES string of the molecule is Cc1cccc(-c2cc(C(=O)Nc3nc(-c4ccc(C(C)(C)C)cc4)cs3)c3ccccc3n2)c1. The van der Waals surface area contributed by atoms with Crippen molar-refractivity contribution >= 4 is 33.3 Å². The standard InChI is InChI=1S/C30H27N3OS/c1-19-8-7-9-21(16-19)26-17-24(23-10-5-6-11-25(23)31-26)28(34)33-29-32-27(18-35-29)20-12-14-22(15-13-20)30(2,3)4/h5-18H,1-4H3,(H,32,33,34). The average Bonchev–Trinajstić information content (AvgIpc) is 3.31. The molecule has 0 atom stereocenters. The van der Waals surface area contributed by atoms with Gasteiger partial charge in [-0.05, 0) is 36.1 Å². The molecule has 2 aromatic heterocycles. The molecule has 0 saturated heterocycles. The van der Waals surface area contributed by atoms with Crippen molar-refractivity contribution in [2.75, 3.05) is 5.32 Å². The third kappa shape index (κ3) is 4.86. The van der Waals surface area contributed by atoms with Gasteiger partial charge in [0.05, 0.1) is 22.5 Å². The van der Waals surface area contributed by atoms with Crippen LogP contribution >= 0.6 is 11.3 Å². The van der Waals surface area contributed by atoms with Crippen molar-refractivity contribution in [2.24, 2.45) is 0 Å². The molecule has 0 fully saturated rings. The van der Waals surface area contributed by atoms with Crippen molar-refractivity contribution < 1.29 is 4.79 Å². The summed E-state index contributed by atoms with van der Waals surface area (Å²) in [7, 11) is 0. The predicted octanol–water partition coefficient (Wildman–Crippen LogP) is 7.88. The molecule has 4 nitrogen and oxygen atoms in total. The Morgan fingerprint density at radius 2 is 1.60 bits per heavy atom. The molecule has 0 radical (unpaired) electrons. The van der Waals surface area contributed by atoms with Gasteiger partial charge >= 0.3 is 0 Å². The molecule has 1 amide bonds. The monoisotopic (exact) mass is 477 g/mol. The van der Waals surface area contributed by atoms with E-state index in [1.165, 1.54) is 16.9 Å². The highest BCUT2D eigenvalue weighted by molar-refractivity contribution is 7.14. The molecule has 5 heteroatoms. The molecule has 2 heterocycles. The fraction of sp³-hybridized carbons (Fsp3) is 0.167. The lowest BCUT2D eigenvalue weighted by Gasteiger charge is -2.18. The second kappa shape index (κ2) is 9.08. The highest BCUT2D eigenvalue weighted by Crippen LogP contribution is 2.30. The first-order valence-electron chi connectivity index (χ1n) is 11.6. The lowest BCUT2D eigenvalue weighted by molar-refractivity contribution is 0.102. The molecule has 5 rings (SSSR count). The summed E-state index contributed by atoms with van der Waals surface area (Å²) >= 11 is 1.43. The van der Waals surface area contributed by atoms with Gasteiger partial charge in [0.1, 0.15) is 0 Å². The molecule has 0 spiro atoms. The van der Waals surface area contributed by atoms with Gasteiger partial charge in [-0.2, -0.15) is 0 Å². The van der Waals surface area contributed by atoms with E-state index in [-0.39, 0.29) is 11.3 Å². The number of hydrogen-bond acceptors (Lipinski definition) is 4. The maximum Gasteiger partial charge on any atom is 0.258 e. The quantitative estimate of drug-likeness (QED) is 0.286. The van der Waals surface area contributed by atoms with Crippen molar-refractivity contribution in [3.05, 3.63) is 101 Å². The second-order valence-electron chi connectivity index (χ2n) is 9.76. The highest BCUT2D eigenvalue weighted by atomic mass is 32.1. The van der Waals surface area contributed by atoms with Gasteiger partial charge in [-0.25, -0.2) is 9.97 Å². The van der Waals surface area contributed by atoms with E-state index in [1.54, 1.807) is 0 Å². The first-order chi connectivity index (χ1) is 16.8. The van der Waals surface area contributed by atoms with Gasteiger partial charge in [-0.15, -0.1) is 11.3 Å². The average molecular weight is 478 g/mol. The molecule has 3 aromatic carbocycles. The normalized spacial score (nSPS) is 11.5. The zero-order valence-corrected chi connectivity index (χ0v) is 21.1. The van der Waals surface area contributed by atoms with Crippen LogP contribution in [-0.2, 0) is 5.41 Å². The Bertz CT molecular complexity index is 1530. The number of thiazole rings is 1. The van der Waals surface area contributed by atoms with E-state index in [0.717, 1.165) is 39.0 Å². The van der Waals surface area contributed by atoms with Gasteiger partial charge in [-0.1, -0.05) is 87.0 Å². The second-order valence-corrected chi connectivity index (χ2v) is 10.6. The summed E-state index contributed by atoms with van der Waals surface area (Å²) in [6, 6.07) is 26.2. The van der Waals surface area contributed by atoms with Crippen LogP contribution in [-0.4, -0.2) is 15.9 Å². The molecule has 0 saturated carbocycles. The van der Waals surface area contributed by atoms with Crippen LogP contribution in [0.5, 0.6) is 0 Å².